The van der Waals surface area contributed by atoms with Gasteiger partial charge in [-0.2, -0.15) is 0 Å². The molecule has 0 amide bonds. The first-order chi connectivity index (χ1) is 19.5. The first-order valence-corrected chi connectivity index (χ1v) is 14.2. The van der Waals surface area contributed by atoms with Gasteiger partial charge in [0.05, 0.1) is 41.7 Å². The lowest BCUT2D eigenvalue weighted by Crippen LogP contribution is -2.40. The van der Waals surface area contributed by atoms with Crippen LogP contribution in [-0.4, -0.2) is 43.4 Å². The van der Waals surface area contributed by atoms with Gasteiger partial charge in [0.15, 0.2) is 10.7 Å². The van der Waals surface area contributed by atoms with E-state index < -0.39 is 12.0 Å². The van der Waals surface area contributed by atoms with E-state index in [2.05, 4.69) is 4.90 Å². The summed E-state index contributed by atoms with van der Waals surface area (Å²) in [5.74, 6) is 0.764. The lowest BCUT2D eigenvalue weighted by Gasteiger charge is -2.26. The van der Waals surface area contributed by atoms with Gasteiger partial charge in [0, 0.05) is 35.8 Å². The third-order valence-electron chi connectivity index (χ3n) is 6.77. The summed E-state index contributed by atoms with van der Waals surface area (Å²) < 4.78 is 19.0. The number of anilines is 1. The van der Waals surface area contributed by atoms with Crippen LogP contribution in [0.1, 0.15) is 29.9 Å². The summed E-state index contributed by atoms with van der Waals surface area (Å²) >= 11 is 7.44. The maximum absolute atomic E-state index is 14.0. The van der Waals surface area contributed by atoms with Gasteiger partial charge >= 0.3 is 5.97 Å². The monoisotopic (exact) mass is 575 g/mol. The highest BCUT2D eigenvalue weighted by Crippen LogP contribution is 2.35. The molecule has 0 bridgehead atoms. The largest absolute Gasteiger partial charge is 0.463 e. The molecule has 204 valence electrons. The quantitative estimate of drug-likeness (QED) is 0.323. The Kier molecular flexibility index (Phi) is 7.42. The number of aromatic nitrogens is 1. The van der Waals surface area contributed by atoms with Gasteiger partial charge in [0.2, 0.25) is 0 Å². The molecule has 2 aromatic heterocycles. The van der Waals surface area contributed by atoms with Crippen LogP contribution in [0.25, 0.3) is 11.8 Å². The lowest BCUT2D eigenvalue weighted by molar-refractivity contribution is -0.138. The summed E-state index contributed by atoms with van der Waals surface area (Å²) in [7, 11) is 0. The first-order valence-electron chi connectivity index (χ1n) is 13.0. The van der Waals surface area contributed by atoms with E-state index in [4.69, 9.17) is 30.5 Å². The Labute approximate surface area is 239 Å². The predicted octanol–water partition coefficient (Wildman–Crippen LogP) is 4.02. The molecule has 2 aliphatic rings. The molecule has 1 fully saturated rings. The smallest absolute Gasteiger partial charge is 0.338 e. The van der Waals surface area contributed by atoms with Crippen molar-refractivity contribution in [2.24, 2.45) is 4.99 Å². The molecule has 0 aliphatic carbocycles. The molecule has 6 rings (SSSR count). The number of hydrogen-bond acceptors (Lipinski definition) is 8. The molecule has 4 aromatic rings. The Balaban J connectivity index is 1.54. The van der Waals surface area contributed by atoms with Gasteiger partial charge in [-0.1, -0.05) is 65.4 Å². The van der Waals surface area contributed by atoms with Crippen LogP contribution in [0, 0.1) is 0 Å². The van der Waals surface area contributed by atoms with Gasteiger partial charge in [-0.25, -0.2) is 9.79 Å². The molecule has 10 heteroatoms. The van der Waals surface area contributed by atoms with Crippen LogP contribution in [0.3, 0.4) is 0 Å². The van der Waals surface area contributed by atoms with E-state index in [-0.39, 0.29) is 12.2 Å². The van der Waals surface area contributed by atoms with E-state index in [9.17, 15) is 9.59 Å². The van der Waals surface area contributed by atoms with Crippen LogP contribution in [0.4, 0.5) is 5.88 Å². The second kappa shape index (κ2) is 11.3. The van der Waals surface area contributed by atoms with Crippen molar-refractivity contribution < 1.29 is 18.7 Å². The van der Waals surface area contributed by atoms with Crippen LogP contribution in [0.5, 0.6) is 0 Å². The fourth-order valence-electron chi connectivity index (χ4n) is 4.90. The maximum Gasteiger partial charge on any atom is 0.338 e. The highest BCUT2D eigenvalue weighted by Gasteiger charge is 2.35. The molecule has 1 unspecified atom stereocenters. The molecule has 0 saturated carbocycles. The number of ether oxygens (including phenoxy) is 2. The number of rotatable bonds is 6. The minimum Gasteiger partial charge on any atom is -0.463 e. The zero-order chi connectivity index (χ0) is 27.6. The average Bonchev–Trinajstić information content (AvgIpc) is 3.58. The summed E-state index contributed by atoms with van der Waals surface area (Å²) in [6.07, 6.45) is 1.73. The number of esters is 1. The number of halogens is 1. The molecule has 0 N–H and O–H groups in total. The molecule has 2 aromatic carbocycles. The van der Waals surface area contributed by atoms with E-state index in [1.807, 2.05) is 54.6 Å². The lowest BCUT2D eigenvalue weighted by atomic mass is 9.93. The second-order valence-electron chi connectivity index (χ2n) is 9.26. The van der Waals surface area contributed by atoms with Gasteiger partial charge in [-0.15, -0.1) is 0 Å². The summed E-state index contributed by atoms with van der Waals surface area (Å²) in [5.41, 5.74) is 1.96. The zero-order valence-corrected chi connectivity index (χ0v) is 23.3. The predicted molar refractivity (Wildman–Crippen MR) is 154 cm³/mol. The topological polar surface area (TPSA) is 86.3 Å². The van der Waals surface area contributed by atoms with Crippen molar-refractivity contribution in [3.63, 3.8) is 0 Å². The number of thiazole rings is 1. The number of hydrogen-bond donors (Lipinski definition) is 0. The van der Waals surface area contributed by atoms with Gasteiger partial charge in [-0.3, -0.25) is 9.36 Å². The molecule has 4 heterocycles. The summed E-state index contributed by atoms with van der Waals surface area (Å²) in [6.45, 7) is 4.72. The van der Waals surface area contributed by atoms with Crippen LogP contribution >= 0.6 is 22.9 Å². The minimum atomic E-state index is -0.759. The molecule has 1 saturated heterocycles. The number of furan rings is 1. The fourth-order valence-corrected chi connectivity index (χ4v) is 6.01. The van der Waals surface area contributed by atoms with Crippen molar-refractivity contribution in [1.82, 2.24) is 4.57 Å². The maximum atomic E-state index is 14.0. The molecule has 0 spiro atoms. The SMILES string of the molecule is CCOC(=O)C1=C(c2ccccc2)N=c2s/c(=C/c3ccc(N4CCOCC4)o3)c(=O)n2C1c1ccc(Cl)cc1. The van der Waals surface area contributed by atoms with E-state index in [0.717, 1.165) is 30.1 Å². The average molecular weight is 576 g/mol. The summed E-state index contributed by atoms with van der Waals surface area (Å²) in [4.78, 5) is 34.9. The van der Waals surface area contributed by atoms with E-state index in [1.165, 1.54) is 11.3 Å². The summed E-state index contributed by atoms with van der Waals surface area (Å²) in [5, 5.41) is 0.551. The second-order valence-corrected chi connectivity index (χ2v) is 10.7. The Bertz CT molecular complexity index is 1750. The van der Waals surface area contributed by atoms with Gasteiger partial charge in [-0.05, 0) is 30.7 Å². The van der Waals surface area contributed by atoms with Crippen molar-refractivity contribution in [1.29, 1.82) is 0 Å². The Morgan fingerprint density at radius 2 is 1.85 bits per heavy atom. The Morgan fingerprint density at radius 3 is 2.58 bits per heavy atom. The van der Waals surface area contributed by atoms with Crippen molar-refractivity contribution in [3.8, 4) is 0 Å². The van der Waals surface area contributed by atoms with Gasteiger partial charge in [0.1, 0.15) is 5.76 Å². The third-order valence-corrected chi connectivity index (χ3v) is 8.00. The number of morpholine rings is 1. The van der Waals surface area contributed by atoms with Crippen molar-refractivity contribution in [3.05, 3.63) is 114 Å². The molecule has 8 nitrogen and oxygen atoms in total. The van der Waals surface area contributed by atoms with Gasteiger partial charge in [0.25, 0.3) is 5.56 Å². The highest BCUT2D eigenvalue weighted by atomic mass is 35.5. The first kappa shape index (κ1) is 26.3. The minimum absolute atomic E-state index is 0.187. The van der Waals surface area contributed by atoms with Crippen molar-refractivity contribution in [2.75, 3.05) is 37.8 Å². The van der Waals surface area contributed by atoms with E-state index in [0.29, 0.717) is 44.6 Å². The number of nitrogens with zero attached hydrogens (tertiary/aromatic N) is 3. The van der Waals surface area contributed by atoms with Crippen LogP contribution in [-0.2, 0) is 14.3 Å². The zero-order valence-electron chi connectivity index (χ0n) is 21.7. The van der Waals surface area contributed by atoms with E-state index >= 15 is 0 Å². The normalized spacial score (nSPS) is 17.5. The van der Waals surface area contributed by atoms with Crippen LogP contribution in [0.2, 0.25) is 5.02 Å². The molecular formula is C30H26ClN3O5S. The summed E-state index contributed by atoms with van der Waals surface area (Å²) in [6, 6.07) is 19.6. The molecule has 2 aliphatic heterocycles. The Hall–Kier alpha value is -3.92. The fraction of sp³-hybridized carbons (Fsp3) is 0.233. The highest BCUT2D eigenvalue weighted by molar-refractivity contribution is 7.07. The molecule has 1 atom stereocenters. The van der Waals surface area contributed by atoms with Crippen LogP contribution in [0.15, 0.2) is 86.5 Å². The van der Waals surface area contributed by atoms with Crippen molar-refractivity contribution in [2.45, 2.75) is 13.0 Å². The number of fused-ring (bicyclic) bond motifs is 1. The Morgan fingerprint density at radius 1 is 1.10 bits per heavy atom. The molecule has 0 radical (unpaired) electrons. The number of carbonyl (C=O) groups is 1. The van der Waals surface area contributed by atoms with Gasteiger partial charge < -0.3 is 18.8 Å². The number of benzene rings is 2. The standard InChI is InChI=1S/C30H26ClN3O5S/c1-2-38-29(36)25-26(19-6-4-3-5-7-19)32-30-34(27(25)20-8-10-21(31)11-9-20)28(35)23(40-30)18-22-12-13-24(39-22)33-14-16-37-17-15-33/h3-13,18,27H,2,14-17H2,1H3/b23-18+. The molecule has 40 heavy (non-hydrogen) atoms. The third kappa shape index (κ3) is 5.03. The van der Waals surface area contributed by atoms with Crippen LogP contribution < -0.4 is 19.8 Å². The molecular weight excluding hydrogens is 550 g/mol. The number of carbonyl (C=O) groups excluding carboxylic acids is 1. The van der Waals surface area contributed by atoms with Crippen molar-refractivity contribution >= 4 is 46.6 Å². The van der Waals surface area contributed by atoms with E-state index in [1.54, 1.807) is 29.7 Å².